The molecule has 120 valence electrons. The normalized spacial score (nSPS) is 16.2. The second-order valence-electron chi connectivity index (χ2n) is 5.98. The van der Waals surface area contributed by atoms with Gasteiger partial charge in [0, 0.05) is 37.7 Å². The van der Waals surface area contributed by atoms with Crippen molar-refractivity contribution < 1.29 is 0 Å². The minimum atomic E-state index is 0.854. The molecule has 0 atom stereocenters. The monoisotopic (exact) mass is 327 g/mol. The van der Waals surface area contributed by atoms with Gasteiger partial charge in [-0.1, -0.05) is 59.6 Å². The lowest BCUT2D eigenvalue weighted by atomic mass is 10.2. The van der Waals surface area contributed by atoms with Gasteiger partial charge in [0.1, 0.15) is 0 Å². The largest absolute Gasteiger partial charge is 0.295 e. The minimum Gasteiger partial charge on any atom is -0.295 e. The van der Waals surface area contributed by atoms with Crippen LogP contribution in [-0.4, -0.2) is 42.3 Å². The number of hydrogen-bond donors (Lipinski definition) is 0. The zero-order valence-electron chi connectivity index (χ0n) is 13.5. The molecule has 3 nitrogen and oxygen atoms in total. The molecular formula is C19H22ClN3. The van der Waals surface area contributed by atoms with Crippen molar-refractivity contribution in [3.8, 4) is 0 Å². The Kier molecular flexibility index (Phi) is 5.31. The summed E-state index contributed by atoms with van der Waals surface area (Å²) in [6.07, 6.45) is 1.95. The van der Waals surface area contributed by atoms with E-state index in [1.807, 2.05) is 24.4 Å². The maximum Gasteiger partial charge on any atom is 0.0542 e. The van der Waals surface area contributed by atoms with Crippen LogP contribution in [0.1, 0.15) is 16.7 Å². The minimum absolute atomic E-state index is 0.854. The fraction of sp³-hybridized carbons (Fsp3) is 0.316. The molecule has 0 saturated carbocycles. The zero-order chi connectivity index (χ0) is 16.1. The second-order valence-corrected chi connectivity index (χ2v) is 6.38. The van der Waals surface area contributed by atoms with Gasteiger partial charge in [-0.15, -0.1) is 0 Å². The molecule has 1 saturated heterocycles. The van der Waals surface area contributed by atoms with E-state index in [1.165, 1.54) is 11.1 Å². The van der Waals surface area contributed by atoms with Crippen LogP contribution in [0.5, 0.6) is 0 Å². The van der Waals surface area contributed by atoms with Crippen LogP contribution in [0, 0.1) is 6.92 Å². The van der Waals surface area contributed by atoms with Gasteiger partial charge in [0.25, 0.3) is 0 Å². The average Bonchev–Trinajstić information content (AvgIpc) is 2.58. The third-order valence-electron chi connectivity index (χ3n) is 4.15. The molecule has 0 bridgehead atoms. The summed E-state index contributed by atoms with van der Waals surface area (Å²) in [7, 11) is 0. The van der Waals surface area contributed by atoms with Crippen molar-refractivity contribution in [3.05, 3.63) is 70.2 Å². The van der Waals surface area contributed by atoms with Gasteiger partial charge in [0.15, 0.2) is 0 Å². The molecule has 3 rings (SSSR count). The summed E-state index contributed by atoms with van der Waals surface area (Å²) in [5.74, 6) is 0. The van der Waals surface area contributed by atoms with Crippen LogP contribution in [0.3, 0.4) is 0 Å². The van der Waals surface area contributed by atoms with E-state index in [9.17, 15) is 0 Å². The highest BCUT2D eigenvalue weighted by molar-refractivity contribution is 6.31. The third kappa shape index (κ3) is 4.57. The number of halogens is 1. The van der Waals surface area contributed by atoms with Crippen LogP contribution in [0.15, 0.2) is 53.6 Å². The van der Waals surface area contributed by atoms with Gasteiger partial charge < -0.3 is 0 Å². The fourth-order valence-electron chi connectivity index (χ4n) is 2.68. The van der Waals surface area contributed by atoms with Crippen LogP contribution in [0.2, 0.25) is 5.02 Å². The van der Waals surface area contributed by atoms with Gasteiger partial charge in [-0.3, -0.25) is 9.91 Å². The molecule has 4 heteroatoms. The highest BCUT2D eigenvalue weighted by Gasteiger charge is 2.16. The lowest BCUT2D eigenvalue weighted by molar-refractivity contribution is 0.131. The number of hydrogen-bond acceptors (Lipinski definition) is 3. The van der Waals surface area contributed by atoms with Crippen molar-refractivity contribution in [1.29, 1.82) is 0 Å². The summed E-state index contributed by atoms with van der Waals surface area (Å²) in [5, 5.41) is 7.59. The van der Waals surface area contributed by atoms with Gasteiger partial charge in [-0.2, -0.15) is 5.10 Å². The molecule has 0 aromatic heterocycles. The van der Waals surface area contributed by atoms with Crippen molar-refractivity contribution in [2.45, 2.75) is 13.5 Å². The molecule has 1 heterocycles. The van der Waals surface area contributed by atoms with E-state index in [0.29, 0.717) is 0 Å². The molecular weight excluding hydrogens is 306 g/mol. The van der Waals surface area contributed by atoms with Crippen molar-refractivity contribution >= 4 is 17.8 Å². The van der Waals surface area contributed by atoms with Crippen molar-refractivity contribution in [2.24, 2.45) is 5.10 Å². The predicted molar refractivity (Wildman–Crippen MR) is 97.1 cm³/mol. The van der Waals surface area contributed by atoms with E-state index in [0.717, 1.165) is 43.3 Å². The quantitative estimate of drug-likeness (QED) is 0.795. The van der Waals surface area contributed by atoms with Crippen LogP contribution in [0.4, 0.5) is 0 Å². The topological polar surface area (TPSA) is 18.8 Å². The Bertz CT molecular complexity index is 659. The van der Waals surface area contributed by atoms with Gasteiger partial charge in [-0.25, -0.2) is 0 Å². The molecule has 2 aromatic carbocycles. The van der Waals surface area contributed by atoms with Crippen LogP contribution >= 0.6 is 11.6 Å². The molecule has 0 aliphatic carbocycles. The first-order chi connectivity index (χ1) is 11.2. The maximum atomic E-state index is 6.24. The first-order valence-corrected chi connectivity index (χ1v) is 8.40. The molecule has 0 N–H and O–H groups in total. The second kappa shape index (κ2) is 7.62. The number of hydrazone groups is 1. The molecule has 0 radical (unpaired) electrons. The summed E-state index contributed by atoms with van der Waals surface area (Å²) in [4.78, 5) is 2.43. The molecule has 23 heavy (non-hydrogen) atoms. The number of piperazine rings is 1. The highest BCUT2D eigenvalue weighted by atomic mass is 35.5. The van der Waals surface area contributed by atoms with E-state index in [2.05, 4.69) is 52.3 Å². The van der Waals surface area contributed by atoms with Crippen molar-refractivity contribution in [1.82, 2.24) is 9.91 Å². The summed E-state index contributed by atoms with van der Waals surface area (Å²) < 4.78 is 0. The fourth-order valence-corrected chi connectivity index (χ4v) is 2.87. The van der Waals surface area contributed by atoms with Crippen molar-refractivity contribution in [3.63, 3.8) is 0 Å². The average molecular weight is 328 g/mol. The summed E-state index contributed by atoms with van der Waals surface area (Å²) in [6.45, 7) is 6.93. The van der Waals surface area contributed by atoms with Gasteiger partial charge >= 0.3 is 0 Å². The Labute approximate surface area is 143 Å². The number of aryl methyl sites for hydroxylation is 1. The van der Waals surface area contributed by atoms with E-state index in [1.54, 1.807) is 0 Å². The van der Waals surface area contributed by atoms with Crippen LogP contribution in [-0.2, 0) is 6.54 Å². The number of benzene rings is 2. The number of nitrogens with zero attached hydrogens (tertiary/aromatic N) is 3. The van der Waals surface area contributed by atoms with Crippen molar-refractivity contribution in [2.75, 3.05) is 26.2 Å². The van der Waals surface area contributed by atoms with E-state index in [-0.39, 0.29) is 0 Å². The summed E-state index contributed by atoms with van der Waals surface area (Å²) in [5.41, 5.74) is 3.62. The first kappa shape index (κ1) is 16.0. The molecule has 0 spiro atoms. The van der Waals surface area contributed by atoms with Gasteiger partial charge in [-0.05, 0) is 24.1 Å². The molecule has 1 fully saturated rings. The summed E-state index contributed by atoms with van der Waals surface area (Å²) in [6, 6.07) is 16.5. The van der Waals surface area contributed by atoms with E-state index in [4.69, 9.17) is 11.6 Å². The SMILES string of the molecule is Cc1ccc(/C=N\N2CCN(Cc3ccccc3Cl)CC2)cc1. The third-order valence-corrected chi connectivity index (χ3v) is 4.52. The van der Waals surface area contributed by atoms with Crippen LogP contribution < -0.4 is 0 Å². The lowest BCUT2D eigenvalue weighted by Crippen LogP contribution is -2.43. The van der Waals surface area contributed by atoms with Gasteiger partial charge in [0.2, 0.25) is 0 Å². The van der Waals surface area contributed by atoms with E-state index >= 15 is 0 Å². The predicted octanol–water partition coefficient (Wildman–Crippen LogP) is 3.80. The molecule has 1 aliphatic heterocycles. The molecule has 2 aromatic rings. The Balaban J connectivity index is 1.50. The Morgan fingerprint density at radius 2 is 1.70 bits per heavy atom. The van der Waals surface area contributed by atoms with E-state index < -0.39 is 0 Å². The number of rotatable bonds is 4. The summed E-state index contributed by atoms with van der Waals surface area (Å²) >= 11 is 6.24. The molecule has 0 amide bonds. The Morgan fingerprint density at radius 3 is 2.39 bits per heavy atom. The first-order valence-electron chi connectivity index (χ1n) is 8.02. The van der Waals surface area contributed by atoms with Gasteiger partial charge in [0.05, 0.1) is 6.21 Å². The highest BCUT2D eigenvalue weighted by Crippen LogP contribution is 2.17. The molecule has 0 unspecified atom stereocenters. The zero-order valence-corrected chi connectivity index (χ0v) is 14.2. The Morgan fingerprint density at radius 1 is 1.00 bits per heavy atom. The smallest absolute Gasteiger partial charge is 0.0542 e. The maximum absolute atomic E-state index is 6.24. The Hall–Kier alpha value is -1.84. The molecule has 1 aliphatic rings. The van der Waals surface area contributed by atoms with Crippen LogP contribution in [0.25, 0.3) is 0 Å². The standard InChI is InChI=1S/C19H22ClN3/c1-16-6-8-17(9-7-16)14-21-23-12-10-22(11-13-23)15-18-4-2-3-5-19(18)20/h2-9,14H,10-13,15H2,1H3/b21-14-. The lowest BCUT2D eigenvalue weighted by Gasteiger charge is -2.33.